The zero-order valence-electron chi connectivity index (χ0n) is 11.6. The number of nitrogens with zero attached hydrogens (tertiary/aromatic N) is 2. The van der Waals surface area contributed by atoms with Crippen LogP contribution in [0.2, 0.25) is 0 Å². The number of carbonyl (C=O) groups is 1. The quantitative estimate of drug-likeness (QED) is 0.781. The van der Waals surface area contributed by atoms with Crippen LogP contribution in [0.4, 0.5) is 0 Å². The van der Waals surface area contributed by atoms with Crippen LogP contribution in [0.15, 0.2) is 16.9 Å². The Hall–Kier alpha value is -1.69. The summed E-state index contributed by atoms with van der Waals surface area (Å²) in [4.78, 5) is 23.3. The van der Waals surface area contributed by atoms with Crippen LogP contribution in [-0.4, -0.2) is 33.4 Å². The highest BCUT2D eigenvalue weighted by molar-refractivity contribution is 5.91. The van der Waals surface area contributed by atoms with Crippen LogP contribution in [0.1, 0.15) is 37.7 Å². The maximum Gasteiger partial charge on any atom is 0.271 e. The lowest BCUT2D eigenvalue weighted by molar-refractivity contribution is 0.0865. The maximum absolute atomic E-state index is 11.8. The molecule has 1 aromatic rings. The molecule has 2 N–H and O–H groups in total. The number of carbonyl (C=O) groups excluding carboxylic acids is 1. The summed E-state index contributed by atoms with van der Waals surface area (Å²) in [6.45, 7) is 6.33. The number of aromatic nitrogens is 2. The van der Waals surface area contributed by atoms with Gasteiger partial charge in [0.1, 0.15) is 5.69 Å². The Bertz CT molecular complexity index is 482. The van der Waals surface area contributed by atoms with Gasteiger partial charge in [0.2, 0.25) is 0 Å². The van der Waals surface area contributed by atoms with Crippen molar-refractivity contribution in [3.8, 4) is 0 Å². The number of aliphatic hydroxyl groups excluding tert-OH is 1. The fraction of sp³-hybridized carbons (Fsp3) is 0.615. The van der Waals surface area contributed by atoms with Crippen LogP contribution in [-0.2, 0) is 6.54 Å². The van der Waals surface area contributed by atoms with E-state index in [4.69, 9.17) is 0 Å². The summed E-state index contributed by atoms with van der Waals surface area (Å²) in [5.41, 5.74) is -0.0374. The summed E-state index contributed by atoms with van der Waals surface area (Å²) < 4.78 is 1.27. The van der Waals surface area contributed by atoms with Crippen molar-refractivity contribution in [3.63, 3.8) is 0 Å². The average molecular weight is 267 g/mol. The molecule has 0 saturated carbocycles. The Kier molecular flexibility index (Phi) is 5.69. The van der Waals surface area contributed by atoms with E-state index in [0.717, 1.165) is 6.42 Å². The van der Waals surface area contributed by atoms with E-state index >= 15 is 0 Å². The SMILES string of the molecule is CCCn1nc(C(=O)NCC(O)C(C)C)ccc1=O. The van der Waals surface area contributed by atoms with Gasteiger partial charge in [-0.2, -0.15) is 5.10 Å². The molecular formula is C13H21N3O3. The van der Waals surface area contributed by atoms with E-state index in [1.807, 2.05) is 20.8 Å². The zero-order chi connectivity index (χ0) is 14.4. The second-order valence-corrected chi connectivity index (χ2v) is 4.80. The Morgan fingerprint density at radius 2 is 2.16 bits per heavy atom. The van der Waals surface area contributed by atoms with Crippen molar-refractivity contribution in [1.29, 1.82) is 0 Å². The Labute approximate surface area is 112 Å². The van der Waals surface area contributed by atoms with Gasteiger partial charge in [-0.25, -0.2) is 4.68 Å². The molecule has 0 aliphatic rings. The molecule has 1 amide bonds. The first-order chi connectivity index (χ1) is 8.95. The zero-order valence-corrected chi connectivity index (χ0v) is 11.6. The minimum Gasteiger partial charge on any atom is -0.391 e. The number of hydrogen-bond acceptors (Lipinski definition) is 4. The number of rotatable bonds is 6. The molecule has 0 saturated heterocycles. The first-order valence-corrected chi connectivity index (χ1v) is 6.50. The Morgan fingerprint density at radius 1 is 1.47 bits per heavy atom. The number of nitrogens with one attached hydrogen (secondary N) is 1. The molecule has 0 bridgehead atoms. The first kappa shape index (κ1) is 15.4. The predicted molar refractivity (Wildman–Crippen MR) is 72.0 cm³/mol. The molecule has 1 rings (SSSR count). The Balaban J connectivity index is 2.72. The van der Waals surface area contributed by atoms with Crippen molar-refractivity contribution in [2.45, 2.75) is 39.8 Å². The third kappa shape index (κ3) is 4.48. The molecule has 0 spiro atoms. The van der Waals surface area contributed by atoms with Crippen molar-refractivity contribution in [2.24, 2.45) is 5.92 Å². The van der Waals surface area contributed by atoms with E-state index in [9.17, 15) is 14.7 Å². The van der Waals surface area contributed by atoms with Crippen LogP contribution < -0.4 is 10.9 Å². The first-order valence-electron chi connectivity index (χ1n) is 6.50. The second kappa shape index (κ2) is 7.04. The molecule has 0 fully saturated rings. The van der Waals surface area contributed by atoms with Gasteiger partial charge in [-0.05, 0) is 18.4 Å². The van der Waals surface area contributed by atoms with Gasteiger partial charge in [0, 0.05) is 19.2 Å². The highest BCUT2D eigenvalue weighted by Gasteiger charge is 2.13. The van der Waals surface area contributed by atoms with E-state index in [1.165, 1.54) is 16.8 Å². The molecule has 0 radical (unpaired) electrons. The lowest BCUT2D eigenvalue weighted by Gasteiger charge is -2.14. The molecule has 1 aromatic heterocycles. The summed E-state index contributed by atoms with van der Waals surface area (Å²) in [6.07, 6.45) is 0.176. The van der Waals surface area contributed by atoms with Gasteiger partial charge in [0.25, 0.3) is 11.5 Å². The Morgan fingerprint density at radius 3 is 2.74 bits per heavy atom. The maximum atomic E-state index is 11.8. The molecule has 1 unspecified atom stereocenters. The minimum absolute atomic E-state index is 0.0716. The lowest BCUT2D eigenvalue weighted by atomic mass is 10.1. The molecule has 19 heavy (non-hydrogen) atoms. The number of aryl methyl sites for hydroxylation is 1. The van der Waals surface area contributed by atoms with Crippen molar-refractivity contribution in [2.75, 3.05) is 6.54 Å². The van der Waals surface area contributed by atoms with Gasteiger partial charge in [0.15, 0.2) is 0 Å². The van der Waals surface area contributed by atoms with Crippen molar-refractivity contribution < 1.29 is 9.90 Å². The van der Waals surface area contributed by atoms with Crippen LogP contribution in [0.25, 0.3) is 0 Å². The van der Waals surface area contributed by atoms with E-state index < -0.39 is 6.10 Å². The van der Waals surface area contributed by atoms with Crippen LogP contribution >= 0.6 is 0 Å². The molecule has 6 heteroatoms. The predicted octanol–water partition coefficient (Wildman–Crippen LogP) is 0.400. The van der Waals surface area contributed by atoms with Crippen LogP contribution in [0.3, 0.4) is 0 Å². The fourth-order valence-electron chi connectivity index (χ4n) is 1.47. The summed E-state index contributed by atoms with van der Waals surface area (Å²) >= 11 is 0. The van der Waals surface area contributed by atoms with E-state index in [0.29, 0.717) is 6.54 Å². The van der Waals surface area contributed by atoms with Gasteiger partial charge >= 0.3 is 0 Å². The van der Waals surface area contributed by atoms with Gasteiger partial charge in [-0.15, -0.1) is 0 Å². The summed E-state index contributed by atoms with van der Waals surface area (Å²) in [5, 5.41) is 16.2. The number of amides is 1. The molecule has 1 heterocycles. The van der Waals surface area contributed by atoms with Crippen molar-refractivity contribution in [3.05, 3.63) is 28.2 Å². The molecule has 0 aliphatic carbocycles. The topological polar surface area (TPSA) is 84.2 Å². The monoisotopic (exact) mass is 267 g/mol. The van der Waals surface area contributed by atoms with Gasteiger partial charge in [-0.3, -0.25) is 9.59 Å². The highest BCUT2D eigenvalue weighted by Crippen LogP contribution is 1.99. The standard InChI is InChI=1S/C13H21N3O3/c1-4-7-16-12(18)6-5-10(15-16)13(19)14-8-11(17)9(2)3/h5-6,9,11,17H,4,7-8H2,1-3H3,(H,14,19). The fourth-order valence-corrected chi connectivity index (χ4v) is 1.47. The largest absolute Gasteiger partial charge is 0.391 e. The smallest absolute Gasteiger partial charge is 0.271 e. The van der Waals surface area contributed by atoms with Gasteiger partial charge in [-0.1, -0.05) is 20.8 Å². The molecule has 0 aromatic carbocycles. The number of hydrogen-bond donors (Lipinski definition) is 2. The van der Waals surface area contributed by atoms with Gasteiger partial charge < -0.3 is 10.4 Å². The molecule has 0 aliphatic heterocycles. The molecular weight excluding hydrogens is 246 g/mol. The van der Waals surface area contributed by atoms with Crippen LogP contribution in [0, 0.1) is 5.92 Å². The normalized spacial score (nSPS) is 12.5. The average Bonchev–Trinajstić information content (AvgIpc) is 2.38. The third-order valence-electron chi connectivity index (χ3n) is 2.78. The lowest BCUT2D eigenvalue weighted by Crippen LogP contribution is -2.36. The van der Waals surface area contributed by atoms with E-state index in [1.54, 1.807) is 0 Å². The second-order valence-electron chi connectivity index (χ2n) is 4.80. The van der Waals surface area contributed by atoms with Crippen molar-refractivity contribution >= 4 is 5.91 Å². The molecule has 6 nitrogen and oxygen atoms in total. The van der Waals surface area contributed by atoms with Crippen LogP contribution in [0.5, 0.6) is 0 Å². The van der Waals surface area contributed by atoms with Crippen molar-refractivity contribution in [1.82, 2.24) is 15.1 Å². The molecule has 1 atom stereocenters. The van der Waals surface area contributed by atoms with E-state index in [-0.39, 0.29) is 29.6 Å². The number of aliphatic hydroxyl groups is 1. The summed E-state index contributed by atoms with van der Waals surface area (Å²) in [5.74, 6) is -0.313. The highest BCUT2D eigenvalue weighted by atomic mass is 16.3. The minimum atomic E-state index is -0.592. The van der Waals surface area contributed by atoms with Gasteiger partial charge in [0.05, 0.1) is 6.10 Å². The summed E-state index contributed by atoms with van der Waals surface area (Å²) in [6, 6.07) is 2.72. The summed E-state index contributed by atoms with van der Waals surface area (Å²) in [7, 11) is 0. The molecule has 106 valence electrons. The van der Waals surface area contributed by atoms with E-state index in [2.05, 4.69) is 10.4 Å². The third-order valence-corrected chi connectivity index (χ3v) is 2.78.